The molecule has 0 spiro atoms. The fourth-order valence-electron chi connectivity index (χ4n) is 2.53. The number of hydrogen-bond acceptors (Lipinski definition) is 4. The lowest BCUT2D eigenvalue weighted by Crippen LogP contribution is -2.43. The Morgan fingerprint density at radius 3 is 2.81 bits per heavy atom. The van der Waals surface area contributed by atoms with E-state index in [1.807, 2.05) is 0 Å². The molecule has 94 valence electrons. The second-order valence-corrected chi connectivity index (χ2v) is 4.98. The molecule has 0 bridgehead atoms. The van der Waals surface area contributed by atoms with Crippen LogP contribution in [0, 0.1) is 0 Å². The molecule has 0 aromatic rings. The maximum atomic E-state index is 9.90. The molecule has 0 saturated carbocycles. The van der Waals surface area contributed by atoms with Crippen LogP contribution in [0.5, 0.6) is 0 Å². The van der Waals surface area contributed by atoms with Gasteiger partial charge in [-0.05, 0) is 38.8 Å². The first-order valence-corrected chi connectivity index (χ1v) is 6.56. The first-order valence-electron chi connectivity index (χ1n) is 6.56. The Morgan fingerprint density at radius 1 is 1.31 bits per heavy atom. The zero-order valence-corrected chi connectivity index (χ0v) is 10.0. The third-order valence-corrected chi connectivity index (χ3v) is 3.47. The van der Waals surface area contributed by atoms with Crippen molar-refractivity contribution in [2.45, 2.75) is 37.8 Å². The summed E-state index contributed by atoms with van der Waals surface area (Å²) in [5.74, 6) is 0. The van der Waals surface area contributed by atoms with Crippen LogP contribution in [-0.4, -0.2) is 61.5 Å². The molecule has 2 heterocycles. The van der Waals surface area contributed by atoms with E-state index >= 15 is 0 Å². The third-order valence-electron chi connectivity index (χ3n) is 3.47. The molecule has 0 radical (unpaired) electrons. The highest BCUT2D eigenvalue weighted by molar-refractivity contribution is 4.75. The highest BCUT2D eigenvalue weighted by Gasteiger charge is 2.18. The molecule has 0 aromatic heterocycles. The Balaban J connectivity index is 1.57. The van der Waals surface area contributed by atoms with Crippen LogP contribution >= 0.6 is 0 Å². The first kappa shape index (κ1) is 12.3. The monoisotopic (exact) mass is 228 g/mol. The minimum atomic E-state index is -0.236. The van der Waals surface area contributed by atoms with Gasteiger partial charge in [-0.1, -0.05) is 0 Å². The lowest BCUT2D eigenvalue weighted by atomic mass is 10.1. The van der Waals surface area contributed by atoms with E-state index in [1.165, 1.54) is 19.3 Å². The molecule has 2 aliphatic rings. The molecule has 4 heteroatoms. The molecular formula is C12H24N2O2. The van der Waals surface area contributed by atoms with Crippen LogP contribution in [0.4, 0.5) is 0 Å². The molecule has 2 N–H and O–H groups in total. The number of rotatable bonds is 5. The van der Waals surface area contributed by atoms with Gasteiger partial charge in [-0.3, -0.25) is 0 Å². The van der Waals surface area contributed by atoms with E-state index in [-0.39, 0.29) is 6.10 Å². The molecule has 2 unspecified atom stereocenters. The zero-order chi connectivity index (χ0) is 11.2. The van der Waals surface area contributed by atoms with Crippen LogP contribution in [0.1, 0.15) is 25.7 Å². The Kier molecular flexibility index (Phi) is 5.03. The van der Waals surface area contributed by atoms with Gasteiger partial charge >= 0.3 is 0 Å². The van der Waals surface area contributed by atoms with Crippen molar-refractivity contribution >= 4 is 0 Å². The van der Waals surface area contributed by atoms with Gasteiger partial charge in [0.15, 0.2) is 0 Å². The third kappa shape index (κ3) is 4.01. The SMILES string of the molecule is OC(CNC1CCCOC1)CN1CCCC1. The van der Waals surface area contributed by atoms with E-state index in [2.05, 4.69) is 10.2 Å². The summed E-state index contributed by atoms with van der Waals surface area (Å²) in [5, 5.41) is 13.3. The van der Waals surface area contributed by atoms with Crippen LogP contribution in [0.2, 0.25) is 0 Å². The molecule has 2 rings (SSSR count). The minimum absolute atomic E-state index is 0.236. The van der Waals surface area contributed by atoms with Crippen molar-refractivity contribution in [3.63, 3.8) is 0 Å². The Labute approximate surface area is 98.0 Å². The van der Waals surface area contributed by atoms with Crippen LogP contribution in [0.3, 0.4) is 0 Å². The van der Waals surface area contributed by atoms with Gasteiger partial charge in [-0.15, -0.1) is 0 Å². The normalized spacial score (nSPS) is 29.4. The van der Waals surface area contributed by atoms with Crippen molar-refractivity contribution in [3.8, 4) is 0 Å². The number of hydrogen-bond donors (Lipinski definition) is 2. The van der Waals surface area contributed by atoms with Crippen molar-refractivity contribution in [1.29, 1.82) is 0 Å². The van der Waals surface area contributed by atoms with Crippen LogP contribution in [0.25, 0.3) is 0 Å². The van der Waals surface area contributed by atoms with Crippen molar-refractivity contribution in [3.05, 3.63) is 0 Å². The highest BCUT2D eigenvalue weighted by atomic mass is 16.5. The zero-order valence-electron chi connectivity index (χ0n) is 10.0. The number of aliphatic hydroxyl groups is 1. The average Bonchev–Trinajstić information content (AvgIpc) is 2.81. The predicted molar refractivity (Wildman–Crippen MR) is 63.5 cm³/mol. The van der Waals surface area contributed by atoms with Crippen LogP contribution in [-0.2, 0) is 4.74 Å². The molecular weight excluding hydrogens is 204 g/mol. The van der Waals surface area contributed by atoms with E-state index in [0.717, 1.165) is 39.3 Å². The van der Waals surface area contributed by atoms with Crippen molar-refractivity contribution in [2.75, 3.05) is 39.4 Å². The molecule has 0 aromatic carbocycles. The summed E-state index contributed by atoms with van der Waals surface area (Å²) in [5.41, 5.74) is 0. The van der Waals surface area contributed by atoms with Gasteiger partial charge in [0.25, 0.3) is 0 Å². The number of likely N-dealkylation sites (tertiary alicyclic amines) is 1. The summed E-state index contributed by atoms with van der Waals surface area (Å²) in [6.07, 6.45) is 4.66. The van der Waals surface area contributed by atoms with E-state index in [1.54, 1.807) is 0 Å². The van der Waals surface area contributed by atoms with E-state index in [4.69, 9.17) is 4.74 Å². The molecule has 2 atom stereocenters. The van der Waals surface area contributed by atoms with Gasteiger partial charge in [0.05, 0.1) is 12.7 Å². The molecule has 2 fully saturated rings. The lowest BCUT2D eigenvalue weighted by molar-refractivity contribution is 0.0601. The molecule has 0 amide bonds. The van der Waals surface area contributed by atoms with E-state index in [9.17, 15) is 5.11 Å². The lowest BCUT2D eigenvalue weighted by Gasteiger charge is -2.26. The van der Waals surface area contributed by atoms with Gasteiger partial charge in [0, 0.05) is 25.7 Å². The standard InChI is InChI=1S/C12H24N2O2/c15-12(9-14-5-1-2-6-14)8-13-11-4-3-7-16-10-11/h11-13,15H,1-10H2. The topological polar surface area (TPSA) is 44.7 Å². The number of β-amino-alcohol motifs (C(OH)–C–C–N with tert-alkyl or cyclic N) is 1. The maximum absolute atomic E-state index is 9.90. The van der Waals surface area contributed by atoms with Gasteiger partial charge < -0.3 is 20.1 Å². The Morgan fingerprint density at radius 2 is 2.12 bits per heavy atom. The molecule has 2 aliphatic heterocycles. The smallest absolute Gasteiger partial charge is 0.0791 e. The molecule has 0 aliphatic carbocycles. The maximum Gasteiger partial charge on any atom is 0.0791 e. The van der Waals surface area contributed by atoms with Crippen molar-refractivity contribution in [1.82, 2.24) is 10.2 Å². The summed E-state index contributed by atoms with van der Waals surface area (Å²) >= 11 is 0. The fourth-order valence-corrected chi connectivity index (χ4v) is 2.53. The summed E-state index contributed by atoms with van der Waals surface area (Å²) in [6.45, 7) is 5.53. The first-order chi connectivity index (χ1) is 7.84. The number of aliphatic hydroxyl groups excluding tert-OH is 1. The highest BCUT2D eigenvalue weighted by Crippen LogP contribution is 2.08. The van der Waals surface area contributed by atoms with Crippen LogP contribution in [0.15, 0.2) is 0 Å². The Hall–Kier alpha value is -0.160. The predicted octanol–water partition coefficient (Wildman–Crippen LogP) is 0.212. The number of nitrogens with zero attached hydrogens (tertiary/aromatic N) is 1. The van der Waals surface area contributed by atoms with Gasteiger partial charge in [0.2, 0.25) is 0 Å². The van der Waals surface area contributed by atoms with E-state index in [0.29, 0.717) is 12.6 Å². The van der Waals surface area contributed by atoms with Gasteiger partial charge in [-0.25, -0.2) is 0 Å². The molecule has 2 saturated heterocycles. The second kappa shape index (κ2) is 6.55. The van der Waals surface area contributed by atoms with Crippen molar-refractivity contribution in [2.24, 2.45) is 0 Å². The summed E-state index contributed by atoms with van der Waals surface area (Å²) in [4.78, 5) is 2.35. The van der Waals surface area contributed by atoms with Crippen molar-refractivity contribution < 1.29 is 9.84 Å². The van der Waals surface area contributed by atoms with E-state index < -0.39 is 0 Å². The molecule has 16 heavy (non-hydrogen) atoms. The van der Waals surface area contributed by atoms with Gasteiger partial charge in [-0.2, -0.15) is 0 Å². The molecule has 4 nitrogen and oxygen atoms in total. The summed E-state index contributed by atoms with van der Waals surface area (Å²) in [6, 6.07) is 0.446. The largest absolute Gasteiger partial charge is 0.390 e. The van der Waals surface area contributed by atoms with Gasteiger partial charge in [0.1, 0.15) is 0 Å². The quantitative estimate of drug-likeness (QED) is 0.706. The summed E-state index contributed by atoms with van der Waals surface area (Å²) < 4.78 is 5.39. The minimum Gasteiger partial charge on any atom is -0.390 e. The average molecular weight is 228 g/mol. The second-order valence-electron chi connectivity index (χ2n) is 4.98. The van der Waals surface area contributed by atoms with Crippen LogP contribution < -0.4 is 5.32 Å². The fraction of sp³-hybridized carbons (Fsp3) is 1.00. The Bertz CT molecular complexity index is 189. The number of ether oxygens (including phenoxy) is 1. The number of nitrogens with one attached hydrogen (secondary N) is 1. The summed E-state index contributed by atoms with van der Waals surface area (Å²) in [7, 11) is 0.